The van der Waals surface area contributed by atoms with Crippen LogP contribution in [-0.2, 0) is 14.4 Å². The zero-order chi connectivity index (χ0) is 21.5. The number of carbonyl (C=O) groups excluding carboxylic acids is 3. The molecule has 1 unspecified atom stereocenters. The highest BCUT2D eigenvalue weighted by Crippen LogP contribution is 2.32. The molecule has 0 aromatic carbocycles. The highest BCUT2D eigenvalue weighted by Gasteiger charge is 2.37. The molecule has 0 bridgehead atoms. The van der Waals surface area contributed by atoms with Gasteiger partial charge in [0.05, 0.1) is 0 Å². The van der Waals surface area contributed by atoms with Crippen molar-refractivity contribution in [1.29, 1.82) is 0 Å². The molecule has 0 heterocycles. The smallest absolute Gasteiger partial charge is 0.220 e. The van der Waals surface area contributed by atoms with Gasteiger partial charge in [-0.15, -0.1) is 0 Å². The third-order valence-electron chi connectivity index (χ3n) is 4.61. The van der Waals surface area contributed by atoms with Gasteiger partial charge in [-0.25, -0.2) is 0 Å². The van der Waals surface area contributed by atoms with Crippen LogP contribution >= 0.6 is 0 Å². The summed E-state index contributed by atoms with van der Waals surface area (Å²) in [7, 11) is 0. The van der Waals surface area contributed by atoms with Crippen LogP contribution < -0.4 is 10.6 Å². The minimum absolute atomic E-state index is 0.0115. The summed E-state index contributed by atoms with van der Waals surface area (Å²) in [6, 6.07) is 0. The van der Waals surface area contributed by atoms with Crippen molar-refractivity contribution in [2.75, 3.05) is 13.1 Å². The molecule has 0 rings (SSSR count). The maximum Gasteiger partial charge on any atom is 0.220 e. The van der Waals surface area contributed by atoms with Crippen LogP contribution in [0.4, 0.5) is 0 Å². The van der Waals surface area contributed by atoms with E-state index in [1.54, 1.807) is 0 Å². The molecule has 5 heteroatoms. The number of rotatable bonds is 9. The number of amides is 2. The number of ketones is 1. The van der Waals surface area contributed by atoms with Gasteiger partial charge in [0.25, 0.3) is 0 Å². The van der Waals surface area contributed by atoms with Crippen LogP contribution in [-0.4, -0.2) is 30.7 Å². The van der Waals surface area contributed by atoms with E-state index < -0.39 is 5.41 Å². The van der Waals surface area contributed by atoms with E-state index in [0.29, 0.717) is 32.4 Å². The molecule has 0 aliphatic heterocycles. The van der Waals surface area contributed by atoms with Crippen LogP contribution in [0.5, 0.6) is 0 Å². The second kappa shape index (κ2) is 10.2. The lowest BCUT2D eigenvalue weighted by Gasteiger charge is -2.34. The Kier molecular flexibility index (Phi) is 9.71. The molecule has 1 atom stereocenters. The molecule has 158 valence electrons. The molecular formula is C22H42N2O3. The Morgan fingerprint density at radius 2 is 1.26 bits per heavy atom. The summed E-state index contributed by atoms with van der Waals surface area (Å²) in [5.74, 6) is -0.188. The molecule has 0 saturated heterocycles. The van der Waals surface area contributed by atoms with E-state index in [4.69, 9.17) is 0 Å². The molecule has 0 aliphatic rings. The number of hydrogen-bond acceptors (Lipinski definition) is 3. The topological polar surface area (TPSA) is 75.3 Å². The predicted molar refractivity (Wildman–Crippen MR) is 111 cm³/mol. The van der Waals surface area contributed by atoms with Crippen LogP contribution in [0.3, 0.4) is 0 Å². The van der Waals surface area contributed by atoms with Crippen LogP contribution in [0.15, 0.2) is 0 Å². The van der Waals surface area contributed by atoms with Crippen molar-refractivity contribution in [2.24, 2.45) is 22.2 Å². The van der Waals surface area contributed by atoms with E-state index >= 15 is 0 Å². The number of nitrogens with one attached hydrogen (secondary N) is 2. The quantitative estimate of drug-likeness (QED) is 0.630. The number of hydrogen-bond donors (Lipinski definition) is 2. The summed E-state index contributed by atoms with van der Waals surface area (Å²) in [5, 5.41) is 5.79. The first kappa shape index (κ1) is 25.6. The molecule has 2 N–H and O–H groups in total. The largest absolute Gasteiger partial charge is 0.356 e. The highest BCUT2D eigenvalue weighted by atomic mass is 16.2. The molecule has 0 radical (unpaired) electrons. The zero-order valence-electron chi connectivity index (χ0n) is 19.0. The van der Waals surface area contributed by atoms with Crippen LogP contribution in [0.1, 0.15) is 88.0 Å². The molecule has 0 aromatic rings. The van der Waals surface area contributed by atoms with E-state index in [2.05, 4.69) is 31.4 Å². The first-order valence-corrected chi connectivity index (χ1v) is 10.1. The second-order valence-electron chi connectivity index (χ2n) is 10.9. The minimum atomic E-state index is -0.437. The van der Waals surface area contributed by atoms with Gasteiger partial charge in [0, 0.05) is 37.3 Å². The summed E-state index contributed by atoms with van der Waals surface area (Å²) in [4.78, 5) is 36.6. The summed E-state index contributed by atoms with van der Waals surface area (Å²) >= 11 is 0. The van der Waals surface area contributed by atoms with E-state index in [0.717, 1.165) is 6.42 Å². The van der Waals surface area contributed by atoms with Gasteiger partial charge in [0.2, 0.25) is 11.8 Å². The molecule has 2 amide bonds. The van der Waals surface area contributed by atoms with Gasteiger partial charge in [-0.05, 0) is 23.7 Å². The first-order valence-electron chi connectivity index (χ1n) is 10.1. The van der Waals surface area contributed by atoms with Gasteiger partial charge in [-0.2, -0.15) is 0 Å². The second-order valence-corrected chi connectivity index (χ2v) is 10.9. The number of carbonyl (C=O) groups is 3. The Morgan fingerprint density at radius 3 is 1.67 bits per heavy atom. The standard InChI is InChI=1S/C22H42N2O3/c1-20(2,3)13-14-23-17(25)11-10-12-18(26)24-15-16(21(4,5)6)19(27)22(7,8)9/h16H,10-15H2,1-9H3,(H,23,25)(H,24,26). The van der Waals surface area contributed by atoms with Crippen molar-refractivity contribution in [3.8, 4) is 0 Å². The van der Waals surface area contributed by atoms with Crippen molar-refractivity contribution in [1.82, 2.24) is 10.6 Å². The van der Waals surface area contributed by atoms with Gasteiger partial charge < -0.3 is 10.6 Å². The molecule has 0 spiro atoms. The maximum absolute atomic E-state index is 12.7. The minimum Gasteiger partial charge on any atom is -0.356 e. The predicted octanol–water partition coefficient (Wildman–Crippen LogP) is 4.10. The molecule has 0 aliphatic carbocycles. The van der Waals surface area contributed by atoms with E-state index in [-0.39, 0.29) is 34.3 Å². The Morgan fingerprint density at radius 1 is 0.778 bits per heavy atom. The molecule has 0 aromatic heterocycles. The van der Waals surface area contributed by atoms with Crippen LogP contribution in [0.25, 0.3) is 0 Å². The first-order chi connectivity index (χ1) is 12.0. The third-order valence-corrected chi connectivity index (χ3v) is 4.61. The summed E-state index contributed by atoms with van der Waals surface area (Å²) in [6.45, 7) is 19.2. The summed E-state index contributed by atoms with van der Waals surface area (Å²) in [6.07, 6.45) is 2.09. The van der Waals surface area contributed by atoms with Crippen molar-refractivity contribution >= 4 is 17.6 Å². The fourth-order valence-corrected chi connectivity index (χ4v) is 2.69. The monoisotopic (exact) mass is 382 g/mol. The van der Waals surface area contributed by atoms with E-state index in [1.165, 1.54) is 0 Å². The lowest BCUT2D eigenvalue weighted by Crippen LogP contribution is -2.44. The molecule has 5 nitrogen and oxygen atoms in total. The van der Waals surface area contributed by atoms with Crippen molar-refractivity contribution in [3.05, 3.63) is 0 Å². The Bertz CT molecular complexity index is 505. The molecule has 0 fully saturated rings. The van der Waals surface area contributed by atoms with Crippen LogP contribution in [0.2, 0.25) is 0 Å². The normalized spacial score (nSPS) is 13.8. The van der Waals surface area contributed by atoms with Crippen molar-refractivity contribution in [2.45, 2.75) is 88.0 Å². The van der Waals surface area contributed by atoms with Crippen molar-refractivity contribution < 1.29 is 14.4 Å². The van der Waals surface area contributed by atoms with E-state index in [9.17, 15) is 14.4 Å². The van der Waals surface area contributed by atoms with E-state index in [1.807, 2.05) is 41.5 Å². The maximum atomic E-state index is 12.7. The Balaban J connectivity index is 4.30. The van der Waals surface area contributed by atoms with Gasteiger partial charge in [0.15, 0.2) is 0 Å². The summed E-state index contributed by atoms with van der Waals surface area (Å²) < 4.78 is 0. The van der Waals surface area contributed by atoms with Crippen LogP contribution in [0, 0.1) is 22.2 Å². The van der Waals surface area contributed by atoms with Gasteiger partial charge in [-0.3, -0.25) is 14.4 Å². The van der Waals surface area contributed by atoms with Gasteiger partial charge >= 0.3 is 0 Å². The third kappa shape index (κ3) is 11.8. The fraction of sp³-hybridized carbons (Fsp3) is 0.864. The highest BCUT2D eigenvalue weighted by molar-refractivity contribution is 5.87. The average Bonchev–Trinajstić information content (AvgIpc) is 2.43. The molecule has 0 saturated carbocycles. The fourth-order valence-electron chi connectivity index (χ4n) is 2.69. The molecule has 27 heavy (non-hydrogen) atoms. The lowest BCUT2D eigenvalue weighted by molar-refractivity contribution is -0.134. The average molecular weight is 383 g/mol. The SMILES string of the molecule is CC(C)(C)CCNC(=O)CCCC(=O)NCC(C(=O)C(C)(C)C)C(C)(C)C. The number of Topliss-reactive ketones (excluding diaryl/α,β-unsaturated/α-hetero) is 1. The Labute approximate surface area is 166 Å². The van der Waals surface area contributed by atoms with Gasteiger partial charge in [-0.1, -0.05) is 62.3 Å². The molecular weight excluding hydrogens is 340 g/mol. The zero-order valence-corrected chi connectivity index (χ0v) is 19.0. The van der Waals surface area contributed by atoms with Gasteiger partial charge in [0.1, 0.15) is 5.78 Å². The Hall–Kier alpha value is -1.39. The summed E-state index contributed by atoms with van der Waals surface area (Å²) in [5.41, 5.74) is -0.459. The lowest BCUT2D eigenvalue weighted by atomic mass is 9.71. The van der Waals surface area contributed by atoms with Crippen molar-refractivity contribution in [3.63, 3.8) is 0 Å².